The van der Waals surface area contributed by atoms with Crippen LogP contribution in [0.3, 0.4) is 0 Å². The van der Waals surface area contributed by atoms with Gasteiger partial charge in [0.05, 0.1) is 28.9 Å². The summed E-state index contributed by atoms with van der Waals surface area (Å²) in [6, 6.07) is 4.57. The molecule has 3 N–H and O–H groups in total. The van der Waals surface area contributed by atoms with E-state index in [1.54, 1.807) is 13.0 Å². The molecule has 1 heterocycles. The first-order valence-corrected chi connectivity index (χ1v) is 11.7. The first kappa shape index (κ1) is 25.5. The first-order valence-electron chi connectivity index (χ1n) is 9.93. The number of allylic oxidation sites excluding steroid dienone is 1. The Morgan fingerprint density at radius 1 is 1.35 bits per heavy atom. The van der Waals surface area contributed by atoms with Crippen molar-refractivity contribution >= 4 is 21.6 Å². The van der Waals surface area contributed by atoms with Crippen molar-refractivity contribution in [3.63, 3.8) is 0 Å². The fourth-order valence-electron chi connectivity index (χ4n) is 3.33. The average molecular weight is 473 g/mol. The highest BCUT2D eigenvalue weighted by Crippen LogP contribution is 2.32. The Labute approximate surface area is 188 Å². The second-order valence-corrected chi connectivity index (χ2v) is 10.4. The van der Waals surface area contributed by atoms with Gasteiger partial charge in [-0.2, -0.15) is 5.10 Å². The molecule has 2 rings (SSSR count). The molecule has 0 aliphatic carbocycles. The first-order chi connectivity index (χ1) is 14.4. The zero-order chi connectivity index (χ0) is 23.5. The van der Waals surface area contributed by atoms with Gasteiger partial charge >= 0.3 is 0 Å². The molecule has 0 aliphatic rings. The van der Waals surface area contributed by atoms with Crippen LogP contribution in [0.2, 0.25) is 5.02 Å². The van der Waals surface area contributed by atoms with Crippen molar-refractivity contribution in [2.24, 2.45) is 5.73 Å². The number of nitrogens with zero attached hydrogens (tertiary/aromatic N) is 3. The Bertz CT molecular complexity index is 1060. The number of aliphatic hydroxyl groups excluding tert-OH is 1. The van der Waals surface area contributed by atoms with E-state index >= 15 is 0 Å². The van der Waals surface area contributed by atoms with Crippen LogP contribution in [0.1, 0.15) is 55.3 Å². The SMILES string of the molecule is CC(C)c1nn(CC(F)=CCN)c(C(C)O)c1Cc1ccc(S(=O)(=O)N(C)C)cc1Cl. The molecule has 1 aromatic carbocycles. The largest absolute Gasteiger partial charge is 0.387 e. The summed E-state index contributed by atoms with van der Waals surface area (Å²) in [7, 11) is -0.709. The molecule has 2 aromatic rings. The molecule has 172 valence electrons. The molecular formula is C21H30ClFN4O3S. The summed E-state index contributed by atoms with van der Waals surface area (Å²) in [6.07, 6.45) is 0.688. The van der Waals surface area contributed by atoms with Crippen LogP contribution in [-0.4, -0.2) is 48.3 Å². The van der Waals surface area contributed by atoms with Gasteiger partial charge in [0.15, 0.2) is 0 Å². The second kappa shape index (κ2) is 10.2. The number of hydrogen-bond acceptors (Lipinski definition) is 5. The van der Waals surface area contributed by atoms with Crippen LogP contribution < -0.4 is 5.73 Å². The number of hydrogen-bond donors (Lipinski definition) is 2. The van der Waals surface area contributed by atoms with Crippen molar-refractivity contribution in [2.45, 2.75) is 50.7 Å². The second-order valence-electron chi connectivity index (χ2n) is 7.84. The number of benzene rings is 1. The van der Waals surface area contributed by atoms with Crippen LogP contribution >= 0.6 is 11.6 Å². The minimum absolute atomic E-state index is 0.0162. The highest BCUT2D eigenvalue weighted by atomic mass is 35.5. The fraction of sp³-hybridized carbons (Fsp3) is 0.476. The Hall–Kier alpha value is -1.78. The molecule has 0 fully saturated rings. The highest BCUT2D eigenvalue weighted by Gasteiger charge is 2.25. The molecule has 0 bridgehead atoms. The minimum atomic E-state index is -3.61. The normalized spacial score (nSPS) is 14.0. The van der Waals surface area contributed by atoms with E-state index in [9.17, 15) is 17.9 Å². The van der Waals surface area contributed by atoms with Gasteiger partial charge in [0.2, 0.25) is 10.0 Å². The number of aromatic nitrogens is 2. The lowest BCUT2D eigenvalue weighted by atomic mass is 9.96. The molecular weight excluding hydrogens is 443 g/mol. The lowest BCUT2D eigenvalue weighted by Gasteiger charge is -2.15. The van der Waals surface area contributed by atoms with Gasteiger partial charge in [-0.05, 0) is 36.6 Å². The molecule has 7 nitrogen and oxygen atoms in total. The van der Waals surface area contributed by atoms with Gasteiger partial charge in [-0.25, -0.2) is 17.1 Å². The maximum atomic E-state index is 14.1. The molecule has 0 spiro atoms. The van der Waals surface area contributed by atoms with Gasteiger partial charge in [0.1, 0.15) is 5.83 Å². The number of aliphatic hydroxyl groups is 1. The van der Waals surface area contributed by atoms with Gasteiger partial charge < -0.3 is 10.8 Å². The van der Waals surface area contributed by atoms with Crippen molar-refractivity contribution in [2.75, 3.05) is 20.6 Å². The third-order valence-corrected chi connectivity index (χ3v) is 7.04. The Morgan fingerprint density at radius 2 is 2.00 bits per heavy atom. The van der Waals surface area contributed by atoms with Gasteiger partial charge in [-0.1, -0.05) is 31.5 Å². The van der Waals surface area contributed by atoms with E-state index in [4.69, 9.17) is 17.3 Å². The zero-order valence-corrected chi connectivity index (χ0v) is 20.0. The van der Waals surface area contributed by atoms with Crippen LogP contribution in [0.15, 0.2) is 35.0 Å². The van der Waals surface area contributed by atoms with E-state index in [0.717, 1.165) is 15.6 Å². The van der Waals surface area contributed by atoms with Crippen LogP contribution in [-0.2, 0) is 23.0 Å². The van der Waals surface area contributed by atoms with Crippen molar-refractivity contribution in [1.82, 2.24) is 14.1 Å². The monoisotopic (exact) mass is 472 g/mol. The standard InChI is InChI=1S/C21H30ClFN4O3S/c1-13(2)20-18(21(14(3)28)27(25-20)12-16(23)8-9-24)10-15-6-7-17(11-19(15)22)31(29,30)26(4)5/h6-8,11,13-14,28H,9-10,12,24H2,1-5H3. The summed E-state index contributed by atoms with van der Waals surface area (Å²) in [4.78, 5) is 0.0933. The zero-order valence-electron chi connectivity index (χ0n) is 18.4. The topological polar surface area (TPSA) is 101 Å². The summed E-state index contributed by atoms with van der Waals surface area (Å²) in [6.45, 7) is 5.45. The van der Waals surface area contributed by atoms with E-state index in [-0.39, 0.29) is 28.9 Å². The van der Waals surface area contributed by atoms with Gasteiger partial charge in [-0.3, -0.25) is 4.68 Å². The molecule has 0 saturated carbocycles. The van der Waals surface area contributed by atoms with Crippen molar-refractivity contribution in [1.29, 1.82) is 0 Å². The summed E-state index contributed by atoms with van der Waals surface area (Å²) in [5.74, 6) is -0.424. The van der Waals surface area contributed by atoms with Crippen LogP contribution in [0.25, 0.3) is 0 Å². The number of rotatable bonds is 9. The predicted octanol–water partition coefficient (Wildman–Crippen LogP) is 3.37. The van der Waals surface area contributed by atoms with Crippen LogP contribution in [0.4, 0.5) is 4.39 Å². The average Bonchev–Trinajstić information content (AvgIpc) is 3.01. The smallest absolute Gasteiger partial charge is 0.242 e. The van der Waals surface area contributed by atoms with E-state index in [1.807, 2.05) is 13.8 Å². The number of halogens is 2. The third kappa shape index (κ3) is 5.72. The van der Waals surface area contributed by atoms with Crippen LogP contribution in [0, 0.1) is 0 Å². The maximum Gasteiger partial charge on any atom is 0.242 e. The number of sulfonamides is 1. The quantitative estimate of drug-likeness (QED) is 0.582. The van der Waals surface area contributed by atoms with Crippen LogP contribution in [0.5, 0.6) is 0 Å². The lowest BCUT2D eigenvalue weighted by molar-refractivity contribution is 0.186. The predicted molar refractivity (Wildman–Crippen MR) is 120 cm³/mol. The minimum Gasteiger partial charge on any atom is -0.387 e. The molecule has 1 unspecified atom stereocenters. The molecule has 0 radical (unpaired) electrons. The molecule has 31 heavy (non-hydrogen) atoms. The third-order valence-electron chi connectivity index (χ3n) is 4.88. The van der Waals surface area contributed by atoms with Gasteiger partial charge in [-0.15, -0.1) is 0 Å². The highest BCUT2D eigenvalue weighted by molar-refractivity contribution is 7.89. The Balaban J connectivity index is 2.55. The van der Waals surface area contributed by atoms with Crippen molar-refractivity contribution in [3.05, 3.63) is 57.6 Å². The van der Waals surface area contributed by atoms with E-state index < -0.39 is 22.0 Å². The van der Waals surface area contributed by atoms with E-state index in [1.165, 1.54) is 37.0 Å². The van der Waals surface area contributed by atoms with Gasteiger partial charge in [0.25, 0.3) is 0 Å². The fourth-order valence-corrected chi connectivity index (χ4v) is 4.57. The molecule has 0 amide bonds. The molecule has 0 saturated heterocycles. The molecule has 1 atom stereocenters. The molecule has 0 aliphatic heterocycles. The lowest BCUT2D eigenvalue weighted by Crippen LogP contribution is -2.22. The van der Waals surface area contributed by atoms with Crippen molar-refractivity contribution < 1.29 is 17.9 Å². The summed E-state index contributed by atoms with van der Waals surface area (Å²) >= 11 is 6.43. The van der Waals surface area contributed by atoms with E-state index in [0.29, 0.717) is 17.7 Å². The molecule has 10 heteroatoms. The molecule has 1 aromatic heterocycles. The Morgan fingerprint density at radius 3 is 2.48 bits per heavy atom. The number of nitrogens with two attached hydrogens (primary N) is 1. The van der Waals surface area contributed by atoms with Crippen molar-refractivity contribution in [3.8, 4) is 0 Å². The summed E-state index contributed by atoms with van der Waals surface area (Å²) in [5, 5.41) is 15.3. The maximum absolute atomic E-state index is 14.1. The Kier molecular flexibility index (Phi) is 8.40. The summed E-state index contributed by atoms with van der Waals surface area (Å²) in [5.41, 5.74) is 8.03. The van der Waals surface area contributed by atoms with E-state index in [2.05, 4.69) is 5.10 Å². The van der Waals surface area contributed by atoms with Gasteiger partial charge in [0, 0.05) is 37.6 Å². The summed E-state index contributed by atoms with van der Waals surface area (Å²) < 4.78 is 41.5.